The van der Waals surface area contributed by atoms with E-state index in [-0.39, 0.29) is 11.5 Å². The van der Waals surface area contributed by atoms with E-state index in [9.17, 15) is 9.59 Å². The summed E-state index contributed by atoms with van der Waals surface area (Å²) >= 11 is 0. The van der Waals surface area contributed by atoms with Gasteiger partial charge < -0.3 is 9.80 Å². The van der Waals surface area contributed by atoms with Gasteiger partial charge in [0, 0.05) is 44.6 Å². The predicted molar refractivity (Wildman–Crippen MR) is 102 cm³/mol. The Hall–Kier alpha value is -2.15. The maximum atomic E-state index is 13.3. The first-order valence-corrected chi connectivity index (χ1v) is 9.44. The van der Waals surface area contributed by atoms with E-state index in [1.807, 2.05) is 23.2 Å². The average Bonchev–Trinajstić information content (AvgIpc) is 2.92. The average molecular weight is 359 g/mol. The molecule has 0 radical (unpaired) electrons. The van der Waals surface area contributed by atoms with Gasteiger partial charge in [-0.2, -0.15) is 5.10 Å². The summed E-state index contributed by atoms with van der Waals surface area (Å²) in [5.41, 5.74) is 3.71. The largest absolute Gasteiger partial charge is 0.338 e. The van der Waals surface area contributed by atoms with Gasteiger partial charge in [-0.25, -0.2) is 0 Å². The van der Waals surface area contributed by atoms with Crippen molar-refractivity contribution in [1.29, 1.82) is 0 Å². The Morgan fingerprint density at radius 2 is 1.92 bits per heavy atom. The lowest BCUT2D eigenvalue weighted by molar-refractivity contribution is -0.129. The number of hydrogen-bond acceptors (Lipinski definition) is 4. The maximum Gasteiger partial charge on any atom is 0.257 e. The topological polar surface area (TPSA) is 63.4 Å². The summed E-state index contributed by atoms with van der Waals surface area (Å²) in [5.74, 6) is 0.0211. The molecule has 0 saturated heterocycles. The molecule has 0 aliphatic carbocycles. The molecule has 0 aromatic carbocycles. The van der Waals surface area contributed by atoms with Crippen molar-refractivity contribution in [3.8, 4) is 0 Å². The third kappa shape index (κ3) is 3.05. The summed E-state index contributed by atoms with van der Waals surface area (Å²) in [6, 6.07) is 0. The molecule has 0 saturated carbocycles. The van der Waals surface area contributed by atoms with E-state index in [1.54, 1.807) is 11.8 Å². The lowest BCUT2D eigenvalue weighted by Crippen LogP contribution is -2.40. The molecular formula is C19H29N5O2. The summed E-state index contributed by atoms with van der Waals surface area (Å²) in [6.45, 7) is 12.3. The Morgan fingerprint density at radius 3 is 2.54 bits per heavy atom. The minimum atomic E-state index is 0.0211. The van der Waals surface area contributed by atoms with E-state index < -0.39 is 0 Å². The molecule has 7 nitrogen and oxygen atoms in total. The Kier molecular flexibility index (Phi) is 5.18. The quantitative estimate of drug-likeness (QED) is 0.807. The van der Waals surface area contributed by atoms with Crippen molar-refractivity contribution in [3.05, 3.63) is 27.2 Å². The van der Waals surface area contributed by atoms with Crippen molar-refractivity contribution in [2.24, 2.45) is 7.05 Å². The second kappa shape index (κ2) is 7.23. The van der Waals surface area contributed by atoms with Crippen molar-refractivity contribution in [2.75, 3.05) is 26.2 Å². The van der Waals surface area contributed by atoms with E-state index in [0.29, 0.717) is 26.1 Å². The Labute approximate surface area is 154 Å². The van der Waals surface area contributed by atoms with Gasteiger partial charge in [0.15, 0.2) is 0 Å². The molecule has 0 unspecified atom stereocenters. The van der Waals surface area contributed by atoms with E-state index in [4.69, 9.17) is 0 Å². The SMILES string of the molecule is CCN(CC)CCn1c(=O)c2c(c3c(C)nn(C)c31)CCN(C(C)=O)C2. The third-order valence-corrected chi connectivity index (χ3v) is 5.58. The molecule has 1 amide bonds. The van der Waals surface area contributed by atoms with Crippen LogP contribution in [0.3, 0.4) is 0 Å². The molecule has 0 bridgehead atoms. The Bertz CT molecular complexity index is 892. The van der Waals surface area contributed by atoms with E-state index in [0.717, 1.165) is 47.5 Å². The fourth-order valence-corrected chi connectivity index (χ4v) is 4.06. The summed E-state index contributed by atoms with van der Waals surface area (Å²) < 4.78 is 3.68. The summed E-state index contributed by atoms with van der Waals surface area (Å²) in [6.07, 6.45) is 0.712. The number of fused-ring (bicyclic) bond motifs is 3. The van der Waals surface area contributed by atoms with Crippen LogP contribution in [0.5, 0.6) is 0 Å². The standard InChI is InChI=1S/C19H29N5O2/c1-6-22(7-2)10-11-24-18-17(13(3)20-21(18)5)15-8-9-23(14(4)25)12-16(15)19(24)26/h6-12H2,1-5H3. The molecule has 0 fully saturated rings. The zero-order valence-corrected chi connectivity index (χ0v) is 16.5. The van der Waals surface area contributed by atoms with E-state index in [2.05, 4.69) is 23.8 Å². The van der Waals surface area contributed by atoms with Gasteiger partial charge in [0.25, 0.3) is 5.56 Å². The second-order valence-electron chi connectivity index (χ2n) is 7.04. The monoisotopic (exact) mass is 359 g/mol. The van der Waals surface area contributed by atoms with Crippen LogP contribution in [-0.4, -0.2) is 56.2 Å². The molecule has 3 heterocycles. The van der Waals surface area contributed by atoms with Crippen LogP contribution < -0.4 is 5.56 Å². The molecule has 1 aliphatic heterocycles. The highest BCUT2D eigenvalue weighted by Crippen LogP contribution is 2.27. The number of carbonyl (C=O) groups excluding carboxylic acids is 1. The number of aryl methyl sites for hydroxylation is 2. The number of amides is 1. The first kappa shape index (κ1) is 18.6. The number of likely N-dealkylation sites (N-methyl/N-ethyl adjacent to an activating group) is 1. The molecule has 2 aromatic rings. The molecule has 7 heteroatoms. The summed E-state index contributed by atoms with van der Waals surface area (Å²) in [4.78, 5) is 29.2. The van der Waals surface area contributed by atoms with Gasteiger partial charge in [0.2, 0.25) is 5.91 Å². The van der Waals surface area contributed by atoms with Crippen LogP contribution in [0, 0.1) is 6.92 Å². The van der Waals surface area contributed by atoms with Crippen LogP contribution in [0.15, 0.2) is 4.79 Å². The maximum absolute atomic E-state index is 13.3. The van der Waals surface area contributed by atoms with Crippen LogP contribution in [-0.2, 0) is 31.4 Å². The van der Waals surface area contributed by atoms with Crippen LogP contribution in [0.2, 0.25) is 0 Å². The molecule has 0 atom stereocenters. The van der Waals surface area contributed by atoms with Gasteiger partial charge in [-0.3, -0.25) is 18.8 Å². The lowest BCUT2D eigenvalue weighted by atomic mass is 9.97. The second-order valence-corrected chi connectivity index (χ2v) is 7.04. The zero-order chi connectivity index (χ0) is 19.0. The van der Waals surface area contributed by atoms with Crippen LogP contribution in [0.4, 0.5) is 0 Å². The van der Waals surface area contributed by atoms with Gasteiger partial charge in [-0.05, 0) is 32.0 Å². The Morgan fingerprint density at radius 1 is 1.23 bits per heavy atom. The van der Waals surface area contributed by atoms with Crippen LogP contribution in [0.25, 0.3) is 11.0 Å². The molecule has 2 aromatic heterocycles. The molecular weight excluding hydrogens is 330 g/mol. The van der Waals surface area contributed by atoms with Crippen molar-refractivity contribution >= 4 is 16.9 Å². The number of carbonyl (C=O) groups is 1. The van der Waals surface area contributed by atoms with Crippen molar-refractivity contribution in [3.63, 3.8) is 0 Å². The van der Waals surface area contributed by atoms with E-state index >= 15 is 0 Å². The fraction of sp³-hybridized carbons (Fsp3) is 0.632. The molecule has 0 spiro atoms. The first-order valence-electron chi connectivity index (χ1n) is 9.44. The normalized spacial score (nSPS) is 14.3. The highest BCUT2D eigenvalue weighted by molar-refractivity contribution is 5.84. The number of rotatable bonds is 5. The Balaban J connectivity index is 2.16. The summed E-state index contributed by atoms with van der Waals surface area (Å²) in [5, 5.41) is 5.67. The van der Waals surface area contributed by atoms with Gasteiger partial charge in [-0.15, -0.1) is 0 Å². The highest BCUT2D eigenvalue weighted by Gasteiger charge is 2.27. The number of aromatic nitrogens is 3. The van der Waals surface area contributed by atoms with Crippen LogP contribution in [0.1, 0.15) is 37.6 Å². The summed E-state index contributed by atoms with van der Waals surface area (Å²) in [7, 11) is 1.90. The van der Waals surface area contributed by atoms with Gasteiger partial charge >= 0.3 is 0 Å². The minimum absolute atomic E-state index is 0.0211. The third-order valence-electron chi connectivity index (χ3n) is 5.58. The molecule has 142 valence electrons. The van der Waals surface area contributed by atoms with Crippen molar-refractivity contribution in [2.45, 2.75) is 47.2 Å². The lowest BCUT2D eigenvalue weighted by Gasteiger charge is -2.29. The van der Waals surface area contributed by atoms with E-state index in [1.165, 1.54) is 0 Å². The zero-order valence-electron chi connectivity index (χ0n) is 16.5. The van der Waals surface area contributed by atoms with Gasteiger partial charge in [0.05, 0.1) is 12.2 Å². The molecule has 0 N–H and O–H groups in total. The number of nitrogens with zero attached hydrogens (tertiary/aromatic N) is 5. The van der Waals surface area contributed by atoms with Crippen molar-refractivity contribution < 1.29 is 4.79 Å². The molecule has 3 rings (SSSR count). The predicted octanol–water partition coefficient (Wildman–Crippen LogP) is 1.29. The van der Waals surface area contributed by atoms with Gasteiger partial charge in [0.1, 0.15) is 5.65 Å². The molecule has 1 aliphatic rings. The van der Waals surface area contributed by atoms with Gasteiger partial charge in [-0.1, -0.05) is 13.8 Å². The minimum Gasteiger partial charge on any atom is -0.338 e. The smallest absolute Gasteiger partial charge is 0.257 e. The van der Waals surface area contributed by atoms with Crippen LogP contribution >= 0.6 is 0 Å². The number of pyridine rings is 1. The first-order chi connectivity index (χ1) is 12.4. The highest BCUT2D eigenvalue weighted by atomic mass is 16.2. The van der Waals surface area contributed by atoms with Crippen molar-refractivity contribution in [1.82, 2.24) is 24.1 Å². The number of hydrogen-bond donors (Lipinski definition) is 0. The fourth-order valence-electron chi connectivity index (χ4n) is 4.06. The molecule has 26 heavy (non-hydrogen) atoms.